The van der Waals surface area contributed by atoms with Crippen LogP contribution in [0, 0.1) is 11.7 Å². The lowest BCUT2D eigenvalue weighted by Crippen LogP contribution is -2.53. The van der Waals surface area contributed by atoms with Gasteiger partial charge >= 0.3 is 0 Å². The molecule has 1 amide bonds. The van der Waals surface area contributed by atoms with Gasteiger partial charge in [-0.15, -0.1) is 0 Å². The maximum Gasteiger partial charge on any atom is 0.240 e. The predicted octanol–water partition coefficient (Wildman–Crippen LogP) is 4.74. The van der Waals surface area contributed by atoms with Crippen molar-refractivity contribution >= 4 is 5.91 Å². The summed E-state index contributed by atoms with van der Waals surface area (Å²) in [5, 5.41) is 10.3. The first-order valence-corrected chi connectivity index (χ1v) is 12.5. The highest BCUT2D eigenvalue weighted by Gasteiger charge is 2.32. The Morgan fingerprint density at radius 2 is 1.57 bits per heavy atom. The van der Waals surface area contributed by atoms with Crippen LogP contribution in [0.2, 0.25) is 0 Å². The van der Waals surface area contributed by atoms with Crippen molar-refractivity contribution in [2.24, 2.45) is 11.7 Å². The Morgan fingerprint density at radius 3 is 2.11 bits per heavy atom. The molecule has 0 fully saturated rings. The van der Waals surface area contributed by atoms with Crippen LogP contribution in [-0.2, 0) is 23.1 Å². The fraction of sp³-hybridized carbons (Fsp3) is 0.552. The zero-order valence-electron chi connectivity index (χ0n) is 22.7. The van der Waals surface area contributed by atoms with Crippen molar-refractivity contribution in [2.75, 3.05) is 20.6 Å². The van der Waals surface area contributed by atoms with E-state index in [-0.39, 0.29) is 41.2 Å². The molecule has 0 spiro atoms. The molecular weight excluding hydrogens is 441 g/mol. The molecule has 3 atom stereocenters. The number of nitrogens with two attached hydrogens (primary N) is 1. The van der Waals surface area contributed by atoms with Crippen molar-refractivity contribution in [1.29, 1.82) is 0 Å². The Hall–Kier alpha value is -2.44. The third-order valence-electron chi connectivity index (χ3n) is 6.70. The minimum absolute atomic E-state index is 0.0117. The Morgan fingerprint density at radius 1 is 1.00 bits per heavy atom. The summed E-state index contributed by atoms with van der Waals surface area (Å²) in [6.07, 6.45) is 1.32. The smallest absolute Gasteiger partial charge is 0.240 e. The topological polar surface area (TPSA) is 69.8 Å². The molecule has 2 aromatic carbocycles. The SMILES string of the molecule is CC(C)C(C(=O)N(C)C(C)Cc1ccc(O)c(C(C)(C)C)c1)N(C)CC(N)Cc1ccc(F)cc1. The number of amides is 1. The van der Waals surface area contributed by atoms with Gasteiger partial charge in [-0.2, -0.15) is 0 Å². The third kappa shape index (κ3) is 8.04. The average molecular weight is 486 g/mol. The standard InChI is InChI=1S/C29H44FN3O2/c1-19(2)27(32(7)18-24(31)16-21-9-12-23(30)13-10-21)28(35)33(8)20(3)15-22-11-14-26(34)25(17-22)29(4,5)6/h9-14,17,19-20,24,27,34H,15-16,18,31H2,1-8H3. The number of hydrogen-bond donors (Lipinski definition) is 2. The van der Waals surface area contributed by atoms with Crippen LogP contribution < -0.4 is 5.73 Å². The van der Waals surface area contributed by atoms with Crippen LogP contribution in [0.3, 0.4) is 0 Å². The molecule has 0 aliphatic rings. The Labute approximate surface area is 211 Å². The number of likely N-dealkylation sites (N-methyl/N-ethyl adjacent to an activating group) is 2. The van der Waals surface area contributed by atoms with Crippen LogP contribution in [0.25, 0.3) is 0 Å². The maximum absolute atomic E-state index is 13.6. The van der Waals surface area contributed by atoms with Crippen molar-refractivity contribution in [3.63, 3.8) is 0 Å². The van der Waals surface area contributed by atoms with Gasteiger partial charge in [0.2, 0.25) is 5.91 Å². The zero-order valence-corrected chi connectivity index (χ0v) is 22.7. The highest BCUT2D eigenvalue weighted by atomic mass is 19.1. The number of carbonyl (C=O) groups excluding carboxylic acids is 1. The molecule has 2 rings (SSSR count). The second kappa shape index (κ2) is 12.0. The van der Waals surface area contributed by atoms with E-state index < -0.39 is 0 Å². The highest BCUT2D eigenvalue weighted by Crippen LogP contribution is 2.31. The molecule has 3 unspecified atom stereocenters. The van der Waals surface area contributed by atoms with Gasteiger partial charge in [-0.1, -0.05) is 58.9 Å². The molecule has 0 bridgehead atoms. The van der Waals surface area contributed by atoms with Crippen LogP contribution in [0.4, 0.5) is 4.39 Å². The van der Waals surface area contributed by atoms with E-state index in [4.69, 9.17) is 5.73 Å². The van der Waals surface area contributed by atoms with Crippen molar-refractivity contribution in [3.05, 3.63) is 65.0 Å². The number of rotatable bonds is 10. The quantitative estimate of drug-likeness (QED) is 0.510. The number of benzene rings is 2. The van der Waals surface area contributed by atoms with Crippen molar-refractivity contribution < 1.29 is 14.3 Å². The van der Waals surface area contributed by atoms with Gasteiger partial charge < -0.3 is 15.7 Å². The van der Waals surface area contributed by atoms with Gasteiger partial charge in [-0.3, -0.25) is 9.69 Å². The predicted molar refractivity (Wildman–Crippen MR) is 142 cm³/mol. The van der Waals surface area contributed by atoms with E-state index in [0.29, 0.717) is 25.1 Å². The average Bonchev–Trinajstić information content (AvgIpc) is 2.74. The monoisotopic (exact) mass is 485 g/mol. The molecule has 5 nitrogen and oxygen atoms in total. The summed E-state index contributed by atoms with van der Waals surface area (Å²) in [5.74, 6) is 0.223. The molecule has 0 radical (unpaired) electrons. The van der Waals surface area contributed by atoms with Gasteiger partial charge in [0, 0.05) is 25.7 Å². The summed E-state index contributed by atoms with van der Waals surface area (Å²) in [6.45, 7) is 13.0. The van der Waals surface area contributed by atoms with Crippen LogP contribution in [0.1, 0.15) is 58.2 Å². The largest absolute Gasteiger partial charge is 0.508 e. The summed E-state index contributed by atoms with van der Waals surface area (Å²) in [6, 6.07) is 11.6. The van der Waals surface area contributed by atoms with E-state index in [1.807, 2.05) is 36.0 Å². The molecule has 2 aromatic rings. The Bertz CT molecular complexity index is 969. The Kier molecular flexibility index (Phi) is 9.87. The first-order chi connectivity index (χ1) is 16.2. The molecule has 0 heterocycles. The second-order valence-electron chi connectivity index (χ2n) is 11.3. The fourth-order valence-corrected chi connectivity index (χ4v) is 4.67. The molecule has 0 aromatic heterocycles. The van der Waals surface area contributed by atoms with Crippen molar-refractivity contribution in [2.45, 2.75) is 77.9 Å². The summed E-state index contributed by atoms with van der Waals surface area (Å²) >= 11 is 0. The van der Waals surface area contributed by atoms with Crippen molar-refractivity contribution in [1.82, 2.24) is 9.80 Å². The number of halogens is 1. The molecule has 0 saturated heterocycles. The molecule has 6 heteroatoms. The summed E-state index contributed by atoms with van der Waals surface area (Å²) in [7, 11) is 3.81. The minimum Gasteiger partial charge on any atom is -0.508 e. The molecule has 0 aliphatic carbocycles. The summed E-state index contributed by atoms with van der Waals surface area (Å²) in [5.41, 5.74) is 9.22. The highest BCUT2D eigenvalue weighted by molar-refractivity contribution is 5.82. The molecular formula is C29H44FN3O2. The molecule has 194 valence electrons. The summed E-state index contributed by atoms with van der Waals surface area (Å²) < 4.78 is 13.2. The van der Waals surface area contributed by atoms with Gasteiger partial charge in [0.05, 0.1) is 6.04 Å². The van der Waals surface area contributed by atoms with E-state index in [0.717, 1.165) is 16.7 Å². The maximum atomic E-state index is 13.6. The molecule has 0 aliphatic heterocycles. The van der Waals surface area contributed by atoms with Crippen LogP contribution in [-0.4, -0.2) is 59.6 Å². The first kappa shape index (κ1) is 28.8. The van der Waals surface area contributed by atoms with Gasteiger partial charge in [0.25, 0.3) is 0 Å². The van der Waals surface area contributed by atoms with Gasteiger partial charge in [-0.05, 0) is 73.0 Å². The lowest BCUT2D eigenvalue weighted by Gasteiger charge is -2.36. The van der Waals surface area contributed by atoms with E-state index in [1.54, 1.807) is 18.2 Å². The van der Waals surface area contributed by atoms with Gasteiger partial charge in [0.15, 0.2) is 0 Å². The lowest BCUT2D eigenvalue weighted by atomic mass is 9.85. The molecule has 35 heavy (non-hydrogen) atoms. The number of hydrogen-bond acceptors (Lipinski definition) is 4. The van der Waals surface area contributed by atoms with E-state index in [2.05, 4.69) is 41.5 Å². The van der Waals surface area contributed by atoms with Gasteiger partial charge in [-0.25, -0.2) is 4.39 Å². The number of nitrogens with zero attached hydrogens (tertiary/aromatic N) is 2. The van der Waals surface area contributed by atoms with E-state index in [9.17, 15) is 14.3 Å². The Balaban J connectivity index is 2.07. The van der Waals surface area contributed by atoms with E-state index >= 15 is 0 Å². The van der Waals surface area contributed by atoms with Crippen molar-refractivity contribution in [3.8, 4) is 5.75 Å². The number of phenolic OH excluding ortho intramolecular Hbond substituents is 1. The normalized spacial score (nSPS) is 14.7. The number of carbonyl (C=O) groups is 1. The van der Waals surface area contributed by atoms with Crippen LogP contribution in [0.5, 0.6) is 5.75 Å². The second-order valence-corrected chi connectivity index (χ2v) is 11.3. The molecule has 0 saturated carbocycles. The first-order valence-electron chi connectivity index (χ1n) is 12.5. The zero-order chi connectivity index (χ0) is 26.5. The molecule has 3 N–H and O–H groups in total. The van der Waals surface area contributed by atoms with Crippen LogP contribution in [0.15, 0.2) is 42.5 Å². The third-order valence-corrected chi connectivity index (χ3v) is 6.70. The van der Waals surface area contributed by atoms with Crippen LogP contribution >= 0.6 is 0 Å². The lowest BCUT2D eigenvalue weighted by molar-refractivity contribution is -0.138. The number of aromatic hydroxyl groups is 1. The van der Waals surface area contributed by atoms with E-state index in [1.165, 1.54) is 12.1 Å². The summed E-state index contributed by atoms with van der Waals surface area (Å²) in [4.78, 5) is 17.5. The minimum atomic E-state index is -0.299. The number of phenols is 1. The fourth-order valence-electron chi connectivity index (χ4n) is 4.67. The van der Waals surface area contributed by atoms with Gasteiger partial charge in [0.1, 0.15) is 11.6 Å².